The van der Waals surface area contributed by atoms with Gasteiger partial charge in [-0.05, 0) is 36.2 Å². The summed E-state index contributed by atoms with van der Waals surface area (Å²) in [5.41, 5.74) is 2.98. The van der Waals surface area contributed by atoms with Crippen LogP contribution in [0, 0.1) is 6.92 Å². The Morgan fingerprint density at radius 2 is 1.83 bits per heavy atom. The fourth-order valence-electron chi connectivity index (χ4n) is 2.94. The van der Waals surface area contributed by atoms with Gasteiger partial charge in [-0.3, -0.25) is 9.59 Å². The first-order chi connectivity index (χ1) is 11.5. The van der Waals surface area contributed by atoms with Gasteiger partial charge >= 0.3 is 0 Å². The summed E-state index contributed by atoms with van der Waals surface area (Å²) in [7, 11) is 1.59. The van der Waals surface area contributed by atoms with Gasteiger partial charge in [-0.1, -0.05) is 30.3 Å². The zero-order valence-electron chi connectivity index (χ0n) is 13.4. The van der Waals surface area contributed by atoms with Crippen molar-refractivity contribution in [3.8, 4) is 5.75 Å². The van der Waals surface area contributed by atoms with E-state index in [2.05, 4.69) is 0 Å². The zero-order valence-corrected chi connectivity index (χ0v) is 14.1. The van der Waals surface area contributed by atoms with E-state index in [4.69, 9.17) is 16.3 Å². The first-order valence-corrected chi connectivity index (χ1v) is 7.85. The van der Waals surface area contributed by atoms with Gasteiger partial charge in [-0.25, -0.2) is 0 Å². The largest absolute Gasteiger partial charge is 0.497 e. The first kappa shape index (κ1) is 16.3. The smallest absolute Gasteiger partial charge is 0.293 e. The standard InChI is InChI=1S/C19H16ClNO3/c1-12-17(18(22)19(20)23)15-9-8-14(24-2)10-16(15)21(12)11-13-6-4-3-5-7-13/h3-10H,11H2,1-2H3. The SMILES string of the molecule is COc1ccc2c(C(=O)C(=O)Cl)c(C)n(Cc3ccccc3)c2c1. The number of halogens is 1. The molecule has 0 saturated heterocycles. The van der Waals surface area contributed by atoms with E-state index in [0.29, 0.717) is 28.9 Å². The third kappa shape index (κ3) is 2.81. The molecule has 122 valence electrons. The second kappa shape index (κ2) is 6.49. The van der Waals surface area contributed by atoms with Crippen LogP contribution in [0.2, 0.25) is 0 Å². The number of benzene rings is 2. The number of ether oxygens (including phenoxy) is 1. The highest BCUT2D eigenvalue weighted by atomic mass is 35.5. The van der Waals surface area contributed by atoms with E-state index >= 15 is 0 Å². The Kier molecular flexibility index (Phi) is 4.40. The summed E-state index contributed by atoms with van der Waals surface area (Å²) in [5.74, 6) is 0.00153. The van der Waals surface area contributed by atoms with Gasteiger partial charge in [0.15, 0.2) is 0 Å². The molecule has 2 aromatic carbocycles. The lowest BCUT2D eigenvalue weighted by Crippen LogP contribution is -2.10. The van der Waals surface area contributed by atoms with Crippen LogP contribution in [-0.4, -0.2) is 22.7 Å². The van der Waals surface area contributed by atoms with Gasteiger partial charge < -0.3 is 9.30 Å². The Balaban J connectivity index is 2.24. The average molecular weight is 342 g/mol. The number of ketones is 1. The fourth-order valence-corrected chi connectivity index (χ4v) is 3.03. The number of fused-ring (bicyclic) bond motifs is 1. The summed E-state index contributed by atoms with van der Waals surface area (Å²) < 4.78 is 7.29. The molecule has 24 heavy (non-hydrogen) atoms. The Morgan fingerprint density at radius 1 is 1.12 bits per heavy atom. The van der Waals surface area contributed by atoms with Crippen LogP contribution >= 0.6 is 11.6 Å². The molecule has 0 radical (unpaired) electrons. The van der Waals surface area contributed by atoms with Crippen molar-refractivity contribution < 1.29 is 14.3 Å². The van der Waals surface area contributed by atoms with E-state index in [1.807, 2.05) is 47.9 Å². The van der Waals surface area contributed by atoms with Crippen molar-refractivity contribution in [2.75, 3.05) is 7.11 Å². The van der Waals surface area contributed by atoms with Crippen LogP contribution in [0.1, 0.15) is 21.6 Å². The topological polar surface area (TPSA) is 48.3 Å². The lowest BCUT2D eigenvalue weighted by Gasteiger charge is -2.09. The average Bonchev–Trinajstić information content (AvgIpc) is 2.86. The molecule has 4 nitrogen and oxygen atoms in total. The number of hydrogen-bond acceptors (Lipinski definition) is 3. The van der Waals surface area contributed by atoms with E-state index < -0.39 is 11.0 Å². The van der Waals surface area contributed by atoms with Gasteiger partial charge in [0.05, 0.1) is 18.2 Å². The van der Waals surface area contributed by atoms with E-state index in [0.717, 1.165) is 11.1 Å². The van der Waals surface area contributed by atoms with Crippen molar-refractivity contribution in [3.05, 3.63) is 65.4 Å². The summed E-state index contributed by atoms with van der Waals surface area (Å²) in [6, 6.07) is 15.3. The van der Waals surface area contributed by atoms with Crippen LogP contribution in [0.15, 0.2) is 48.5 Å². The molecule has 3 rings (SSSR count). The molecule has 0 aliphatic rings. The van der Waals surface area contributed by atoms with Gasteiger partial charge in [0.25, 0.3) is 5.24 Å². The molecular formula is C19H16ClNO3. The molecule has 0 spiro atoms. The molecule has 1 aromatic heterocycles. The number of Topliss-reactive ketones (excluding diaryl/α,β-unsaturated/α-hetero) is 1. The maximum absolute atomic E-state index is 12.3. The number of methoxy groups -OCH3 is 1. The minimum Gasteiger partial charge on any atom is -0.497 e. The molecule has 5 heteroatoms. The number of carbonyl (C=O) groups excluding carboxylic acids is 2. The summed E-state index contributed by atoms with van der Waals surface area (Å²) in [5, 5.41) is -0.282. The third-order valence-corrected chi connectivity index (χ3v) is 4.29. The van der Waals surface area contributed by atoms with Gasteiger partial charge in [-0.15, -0.1) is 0 Å². The molecule has 0 aliphatic heterocycles. The third-order valence-electron chi connectivity index (χ3n) is 4.12. The second-order valence-corrected chi connectivity index (χ2v) is 5.86. The van der Waals surface area contributed by atoms with Crippen molar-refractivity contribution in [1.29, 1.82) is 0 Å². The molecule has 1 heterocycles. The molecule has 0 bridgehead atoms. The number of hydrogen-bond donors (Lipinski definition) is 0. The molecule has 0 fully saturated rings. The number of carbonyl (C=O) groups is 2. The quantitative estimate of drug-likeness (QED) is 0.401. The Hall–Kier alpha value is -2.59. The van der Waals surface area contributed by atoms with E-state index in [1.54, 1.807) is 19.2 Å². The predicted octanol–water partition coefficient (Wildman–Crippen LogP) is 3.95. The minimum atomic E-state index is -0.979. The molecule has 0 N–H and O–H groups in total. The molecular weight excluding hydrogens is 326 g/mol. The second-order valence-electron chi connectivity index (χ2n) is 5.52. The monoisotopic (exact) mass is 341 g/mol. The highest BCUT2D eigenvalue weighted by molar-refractivity contribution is 6.83. The highest BCUT2D eigenvalue weighted by Gasteiger charge is 2.24. The number of rotatable bonds is 5. The molecule has 0 unspecified atom stereocenters. The van der Waals surface area contributed by atoms with Crippen LogP contribution < -0.4 is 4.74 Å². The van der Waals surface area contributed by atoms with Crippen LogP contribution in [0.4, 0.5) is 0 Å². The summed E-state index contributed by atoms with van der Waals surface area (Å²) in [6.07, 6.45) is 0. The lowest BCUT2D eigenvalue weighted by atomic mass is 10.1. The molecule has 0 saturated carbocycles. The van der Waals surface area contributed by atoms with Gasteiger partial charge in [0.1, 0.15) is 5.75 Å². The summed E-state index contributed by atoms with van der Waals surface area (Å²) in [4.78, 5) is 23.7. The maximum Gasteiger partial charge on any atom is 0.293 e. The van der Waals surface area contributed by atoms with Crippen LogP contribution in [-0.2, 0) is 11.3 Å². The van der Waals surface area contributed by atoms with E-state index in [9.17, 15) is 9.59 Å². The van der Waals surface area contributed by atoms with Crippen molar-refractivity contribution in [2.45, 2.75) is 13.5 Å². The predicted molar refractivity (Wildman–Crippen MR) is 94.0 cm³/mol. The summed E-state index contributed by atoms with van der Waals surface area (Å²) >= 11 is 5.44. The lowest BCUT2D eigenvalue weighted by molar-refractivity contribution is -0.108. The summed E-state index contributed by atoms with van der Waals surface area (Å²) in [6.45, 7) is 2.41. The molecule has 0 aliphatic carbocycles. The van der Waals surface area contributed by atoms with Crippen molar-refractivity contribution >= 4 is 33.5 Å². The Labute approximate surface area is 144 Å². The normalized spacial score (nSPS) is 10.8. The number of aromatic nitrogens is 1. The maximum atomic E-state index is 12.3. The van der Waals surface area contributed by atoms with Crippen molar-refractivity contribution in [2.24, 2.45) is 0 Å². The Bertz CT molecular complexity index is 929. The van der Waals surface area contributed by atoms with Crippen molar-refractivity contribution in [3.63, 3.8) is 0 Å². The number of nitrogens with zero attached hydrogens (tertiary/aromatic N) is 1. The molecule has 0 atom stereocenters. The minimum absolute atomic E-state index is 0.351. The van der Waals surface area contributed by atoms with Gasteiger partial charge in [-0.2, -0.15) is 0 Å². The van der Waals surface area contributed by atoms with Crippen LogP contribution in [0.3, 0.4) is 0 Å². The fraction of sp³-hybridized carbons (Fsp3) is 0.158. The van der Waals surface area contributed by atoms with Crippen molar-refractivity contribution in [1.82, 2.24) is 4.57 Å². The first-order valence-electron chi connectivity index (χ1n) is 7.48. The van der Waals surface area contributed by atoms with Gasteiger partial charge in [0.2, 0.25) is 5.78 Å². The molecule has 3 aromatic rings. The van der Waals surface area contributed by atoms with Gasteiger partial charge in [0, 0.05) is 23.7 Å². The molecule has 0 amide bonds. The Morgan fingerprint density at radius 3 is 2.46 bits per heavy atom. The van der Waals surface area contributed by atoms with Crippen LogP contribution in [0.25, 0.3) is 10.9 Å². The van der Waals surface area contributed by atoms with E-state index in [-0.39, 0.29) is 0 Å². The highest BCUT2D eigenvalue weighted by Crippen LogP contribution is 2.30. The van der Waals surface area contributed by atoms with E-state index in [1.165, 1.54) is 0 Å². The zero-order chi connectivity index (χ0) is 17.3. The van der Waals surface area contributed by atoms with Crippen LogP contribution in [0.5, 0.6) is 5.75 Å².